The van der Waals surface area contributed by atoms with Gasteiger partial charge in [-0.05, 0) is 43.7 Å². The lowest BCUT2D eigenvalue weighted by molar-refractivity contribution is 0.518. The molecule has 1 aromatic rings. The number of hydrogen-bond acceptors (Lipinski definition) is 2. The summed E-state index contributed by atoms with van der Waals surface area (Å²) in [6, 6.07) is 5.25. The van der Waals surface area contributed by atoms with E-state index < -0.39 is 0 Å². The van der Waals surface area contributed by atoms with Crippen LogP contribution in [-0.4, -0.2) is 12.6 Å². The zero-order valence-corrected chi connectivity index (χ0v) is 10.3. The van der Waals surface area contributed by atoms with Gasteiger partial charge in [-0.15, -0.1) is 0 Å². The van der Waals surface area contributed by atoms with Crippen molar-refractivity contribution in [3.63, 3.8) is 0 Å². The van der Waals surface area contributed by atoms with E-state index in [1.807, 2.05) is 6.07 Å². The topological polar surface area (TPSA) is 38.0 Å². The van der Waals surface area contributed by atoms with Gasteiger partial charge < -0.3 is 11.1 Å². The molecular formula is C11H16BrFN2. The van der Waals surface area contributed by atoms with Gasteiger partial charge in [0.15, 0.2) is 0 Å². The van der Waals surface area contributed by atoms with Gasteiger partial charge in [0.25, 0.3) is 0 Å². The predicted molar refractivity (Wildman–Crippen MR) is 64.1 cm³/mol. The van der Waals surface area contributed by atoms with E-state index in [0.29, 0.717) is 19.1 Å². The molecule has 1 aromatic carbocycles. The number of nitrogens with two attached hydrogens (primary N) is 1. The summed E-state index contributed by atoms with van der Waals surface area (Å²) < 4.78 is 13.8. The van der Waals surface area contributed by atoms with Crippen molar-refractivity contribution in [3.8, 4) is 0 Å². The molecule has 84 valence electrons. The molecule has 1 rings (SSSR count). The van der Waals surface area contributed by atoms with E-state index in [9.17, 15) is 4.39 Å². The first-order valence-corrected chi connectivity index (χ1v) is 5.79. The van der Waals surface area contributed by atoms with Crippen molar-refractivity contribution in [1.29, 1.82) is 0 Å². The second-order valence-electron chi connectivity index (χ2n) is 3.64. The smallest absolute Gasteiger partial charge is 0.124 e. The van der Waals surface area contributed by atoms with Crippen molar-refractivity contribution in [3.05, 3.63) is 34.1 Å². The summed E-state index contributed by atoms with van der Waals surface area (Å²) >= 11 is 3.26. The SMILES string of the molecule is CC(CCN)NCc1cc(F)cc(Br)c1. The summed E-state index contributed by atoms with van der Waals surface area (Å²) in [5.74, 6) is -0.215. The lowest BCUT2D eigenvalue weighted by Gasteiger charge is -2.12. The summed E-state index contributed by atoms with van der Waals surface area (Å²) in [7, 11) is 0. The number of benzene rings is 1. The third-order valence-corrected chi connectivity index (χ3v) is 2.63. The Balaban J connectivity index is 2.50. The van der Waals surface area contributed by atoms with Crippen molar-refractivity contribution in [2.45, 2.75) is 25.9 Å². The van der Waals surface area contributed by atoms with Crippen LogP contribution in [0.3, 0.4) is 0 Å². The fourth-order valence-corrected chi connectivity index (χ4v) is 1.87. The molecule has 2 nitrogen and oxygen atoms in total. The average Bonchev–Trinajstić information content (AvgIpc) is 2.14. The summed E-state index contributed by atoms with van der Waals surface area (Å²) in [5.41, 5.74) is 6.37. The molecule has 0 amide bonds. The number of hydrogen-bond donors (Lipinski definition) is 2. The highest BCUT2D eigenvalue weighted by molar-refractivity contribution is 9.10. The molecule has 3 N–H and O–H groups in total. The minimum absolute atomic E-state index is 0.215. The van der Waals surface area contributed by atoms with Gasteiger partial charge in [0.05, 0.1) is 0 Å². The van der Waals surface area contributed by atoms with Gasteiger partial charge >= 0.3 is 0 Å². The minimum Gasteiger partial charge on any atom is -0.330 e. The van der Waals surface area contributed by atoms with Crippen molar-refractivity contribution in [1.82, 2.24) is 5.32 Å². The molecule has 0 saturated heterocycles. The van der Waals surface area contributed by atoms with Crippen LogP contribution in [-0.2, 0) is 6.54 Å². The van der Waals surface area contributed by atoms with E-state index >= 15 is 0 Å². The van der Waals surface area contributed by atoms with E-state index in [0.717, 1.165) is 16.5 Å². The summed E-state index contributed by atoms with van der Waals surface area (Å²) in [6.07, 6.45) is 0.927. The Bertz CT molecular complexity index is 297. The third kappa shape index (κ3) is 4.73. The maximum Gasteiger partial charge on any atom is 0.124 e. The average molecular weight is 275 g/mol. The van der Waals surface area contributed by atoms with Crippen LogP contribution in [0.4, 0.5) is 4.39 Å². The fourth-order valence-electron chi connectivity index (χ4n) is 1.36. The van der Waals surface area contributed by atoms with Crippen molar-refractivity contribution < 1.29 is 4.39 Å². The molecule has 1 unspecified atom stereocenters. The van der Waals surface area contributed by atoms with Crippen LogP contribution >= 0.6 is 15.9 Å². The van der Waals surface area contributed by atoms with Crippen LogP contribution in [0.5, 0.6) is 0 Å². The Labute approximate surface area is 98.2 Å². The van der Waals surface area contributed by atoms with Gasteiger partial charge in [-0.1, -0.05) is 15.9 Å². The molecule has 0 aliphatic rings. The molecular weight excluding hydrogens is 259 g/mol. The highest BCUT2D eigenvalue weighted by Gasteiger charge is 2.02. The quantitative estimate of drug-likeness (QED) is 0.866. The van der Waals surface area contributed by atoms with Gasteiger partial charge in [-0.25, -0.2) is 4.39 Å². The molecule has 0 fully saturated rings. The number of nitrogens with one attached hydrogen (secondary N) is 1. The van der Waals surface area contributed by atoms with E-state index in [2.05, 4.69) is 28.2 Å². The van der Waals surface area contributed by atoms with Crippen LogP contribution in [0.25, 0.3) is 0 Å². The number of rotatable bonds is 5. The Morgan fingerprint density at radius 1 is 1.47 bits per heavy atom. The zero-order chi connectivity index (χ0) is 11.3. The normalized spacial score (nSPS) is 12.8. The number of halogens is 2. The largest absolute Gasteiger partial charge is 0.330 e. The molecule has 0 saturated carbocycles. The van der Waals surface area contributed by atoms with E-state index in [1.165, 1.54) is 12.1 Å². The molecule has 0 aromatic heterocycles. The first kappa shape index (κ1) is 12.6. The van der Waals surface area contributed by atoms with Gasteiger partial charge in [0.1, 0.15) is 5.82 Å². The Kier molecular flexibility index (Phi) is 5.22. The van der Waals surface area contributed by atoms with Crippen LogP contribution < -0.4 is 11.1 Å². The van der Waals surface area contributed by atoms with Crippen LogP contribution in [0.15, 0.2) is 22.7 Å². The third-order valence-electron chi connectivity index (χ3n) is 2.18. The predicted octanol–water partition coefficient (Wildman–Crippen LogP) is 2.42. The van der Waals surface area contributed by atoms with Crippen LogP contribution in [0.1, 0.15) is 18.9 Å². The molecule has 0 aliphatic heterocycles. The molecule has 15 heavy (non-hydrogen) atoms. The Morgan fingerprint density at radius 2 is 2.20 bits per heavy atom. The first-order valence-electron chi connectivity index (χ1n) is 5.00. The maximum atomic E-state index is 13.0. The fraction of sp³-hybridized carbons (Fsp3) is 0.455. The van der Waals surface area contributed by atoms with Crippen LogP contribution in [0.2, 0.25) is 0 Å². The lowest BCUT2D eigenvalue weighted by atomic mass is 10.2. The molecule has 0 radical (unpaired) electrons. The molecule has 1 atom stereocenters. The zero-order valence-electron chi connectivity index (χ0n) is 8.76. The maximum absolute atomic E-state index is 13.0. The first-order chi connectivity index (χ1) is 7.11. The summed E-state index contributed by atoms with van der Waals surface area (Å²) in [6.45, 7) is 3.40. The van der Waals surface area contributed by atoms with Crippen molar-refractivity contribution in [2.24, 2.45) is 5.73 Å². The second-order valence-corrected chi connectivity index (χ2v) is 4.55. The van der Waals surface area contributed by atoms with Gasteiger partial charge in [-0.3, -0.25) is 0 Å². The molecule has 0 aliphatic carbocycles. The second kappa shape index (κ2) is 6.20. The van der Waals surface area contributed by atoms with Gasteiger partial charge in [0.2, 0.25) is 0 Å². The standard InChI is InChI=1S/C11H16BrFN2/c1-8(2-3-14)15-7-9-4-10(12)6-11(13)5-9/h4-6,8,15H,2-3,7,14H2,1H3. The van der Waals surface area contributed by atoms with E-state index in [1.54, 1.807) is 0 Å². The van der Waals surface area contributed by atoms with Crippen LogP contribution in [0, 0.1) is 5.82 Å². The minimum atomic E-state index is -0.215. The molecule has 0 bridgehead atoms. The highest BCUT2D eigenvalue weighted by Crippen LogP contribution is 2.14. The van der Waals surface area contributed by atoms with Gasteiger partial charge in [0, 0.05) is 17.1 Å². The summed E-state index contributed by atoms with van der Waals surface area (Å²) in [4.78, 5) is 0. The monoisotopic (exact) mass is 274 g/mol. The van der Waals surface area contributed by atoms with Crippen molar-refractivity contribution in [2.75, 3.05) is 6.54 Å². The molecule has 0 heterocycles. The Morgan fingerprint density at radius 3 is 2.80 bits per heavy atom. The van der Waals surface area contributed by atoms with Gasteiger partial charge in [-0.2, -0.15) is 0 Å². The molecule has 0 spiro atoms. The van der Waals surface area contributed by atoms with E-state index in [4.69, 9.17) is 5.73 Å². The summed E-state index contributed by atoms with van der Waals surface area (Å²) in [5, 5.41) is 3.29. The Hall–Kier alpha value is -0.450. The molecule has 4 heteroatoms. The highest BCUT2D eigenvalue weighted by atomic mass is 79.9. The van der Waals surface area contributed by atoms with Crippen molar-refractivity contribution >= 4 is 15.9 Å². The lowest BCUT2D eigenvalue weighted by Crippen LogP contribution is -2.27. The van der Waals surface area contributed by atoms with E-state index in [-0.39, 0.29) is 5.82 Å².